The first-order valence-corrected chi connectivity index (χ1v) is 15.7. The summed E-state index contributed by atoms with van der Waals surface area (Å²) in [5.41, 5.74) is 2.31. The second kappa shape index (κ2) is 12.8. The van der Waals surface area contributed by atoms with E-state index in [1.807, 2.05) is 54.8 Å². The van der Waals surface area contributed by atoms with Crippen LogP contribution in [0.25, 0.3) is 10.8 Å². The molecule has 1 aliphatic rings. The number of anilines is 2. The van der Waals surface area contributed by atoms with Crippen LogP contribution in [-0.2, 0) is 25.7 Å². The predicted molar refractivity (Wildman–Crippen MR) is 153 cm³/mol. The van der Waals surface area contributed by atoms with Crippen molar-refractivity contribution >= 4 is 58.3 Å². The van der Waals surface area contributed by atoms with Crippen molar-refractivity contribution in [3.05, 3.63) is 89.1 Å². The van der Waals surface area contributed by atoms with Crippen LogP contribution in [0.1, 0.15) is 25.8 Å². The van der Waals surface area contributed by atoms with Crippen molar-refractivity contribution in [3.63, 3.8) is 0 Å². The molecule has 1 atom stereocenters. The molecule has 0 spiro atoms. The van der Waals surface area contributed by atoms with Crippen LogP contribution in [0.15, 0.2) is 88.4 Å². The van der Waals surface area contributed by atoms with Gasteiger partial charge < -0.3 is 14.8 Å². The van der Waals surface area contributed by atoms with E-state index in [4.69, 9.17) is 0 Å². The van der Waals surface area contributed by atoms with Crippen LogP contribution in [0.2, 0.25) is 0 Å². The summed E-state index contributed by atoms with van der Waals surface area (Å²) in [5, 5.41) is 4.66. The van der Waals surface area contributed by atoms with Crippen molar-refractivity contribution < 1.29 is 77.3 Å². The third-order valence-electron chi connectivity index (χ3n) is 6.68. The van der Waals surface area contributed by atoms with Gasteiger partial charge in [0.1, 0.15) is 10.1 Å². The van der Waals surface area contributed by atoms with Crippen LogP contribution in [-0.4, -0.2) is 44.3 Å². The van der Waals surface area contributed by atoms with E-state index in [0.717, 1.165) is 26.8 Å². The molecule has 3 aromatic carbocycles. The Bertz CT molecular complexity index is 1620. The molecular weight excluding hydrogens is 631 g/mol. The average Bonchev–Trinajstić information content (AvgIpc) is 3.06. The van der Waals surface area contributed by atoms with Gasteiger partial charge in [0.25, 0.3) is 10.1 Å². The molecule has 1 unspecified atom stereocenters. The van der Waals surface area contributed by atoms with Gasteiger partial charge in [0.15, 0.2) is 0 Å². The quantitative estimate of drug-likeness (QED) is 0.204. The summed E-state index contributed by atoms with van der Waals surface area (Å²) in [4.78, 5) is 1.81. The van der Waals surface area contributed by atoms with E-state index in [-0.39, 0.29) is 74.5 Å². The third kappa shape index (κ3) is 7.82. The van der Waals surface area contributed by atoms with Gasteiger partial charge in [-0.05, 0) is 75.1 Å². The van der Waals surface area contributed by atoms with Crippen LogP contribution in [0.5, 0.6) is 0 Å². The first-order valence-electron chi connectivity index (χ1n) is 11.9. The molecule has 0 fully saturated rings. The van der Waals surface area contributed by atoms with Crippen LogP contribution < -0.4 is 61.6 Å². The van der Waals surface area contributed by atoms with E-state index in [1.54, 1.807) is 12.1 Å². The SMILES string of the molecule is CC1(C)c2c(ccc3cc(S(=O)(=O)[O-])ccc23)N(CCCS(=O)(=O)O)C1/C=C/C(Br)=C/Nc1ccccc1.[K+]. The van der Waals surface area contributed by atoms with Gasteiger partial charge in [0.05, 0.1) is 16.7 Å². The summed E-state index contributed by atoms with van der Waals surface area (Å²) in [7, 11) is -8.71. The second-order valence-electron chi connectivity index (χ2n) is 9.69. The fourth-order valence-electron chi connectivity index (χ4n) is 4.99. The molecule has 2 N–H and O–H groups in total. The Balaban J connectivity index is 0.00000420. The smallest absolute Gasteiger partial charge is 0.744 e. The molecule has 0 amide bonds. The zero-order chi connectivity index (χ0) is 27.7. The van der Waals surface area contributed by atoms with Crippen LogP contribution in [0.3, 0.4) is 0 Å². The standard InChI is InChI=1S/C27H29BrN2O6S2.K/c1-27(2)25(14-10-20(28)18-29-21-7-4-3-5-8-21)30(15-6-16-37(31,32)33)24-13-9-19-17-22(38(34,35)36)11-12-23(19)26(24)27;/h3-5,7-14,17-18,25,29H,6,15-16H2,1-2H3,(H,31,32,33)(H,34,35,36);/q;+1/p-1/b14-10+,20-18-;. The van der Waals surface area contributed by atoms with E-state index < -0.39 is 25.7 Å². The third-order valence-corrected chi connectivity index (χ3v) is 8.81. The summed E-state index contributed by atoms with van der Waals surface area (Å²) >= 11 is 3.57. The molecule has 0 aromatic heterocycles. The maximum atomic E-state index is 11.6. The van der Waals surface area contributed by atoms with Crippen LogP contribution >= 0.6 is 15.9 Å². The van der Waals surface area contributed by atoms with Crippen molar-refractivity contribution in [3.8, 4) is 0 Å². The average molecular weight is 660 g/mol. The van der Waals surface area contributed by atoms with Gasteiger partial charge in [0.2, 0.25) is 0 Å². The van der Waals surface area contributed by atoms with Crippen molar-refractivity contribution in [2.75, 3.05) is 22.5 Å². The molecule has 0 aliphatic carbocycles. The Kier molecular flexibility index (Phi) is 10.7. The minimum atomic E-state index is -4.60. The number of nitrogens with one attached hydrogen (secondary N) is 1. The summed E-state index contributed by atoms with van der Waals surface area (Å²) in [5.74, 6) is -0.363. The van der Waals surface area contributed by atoms with E-state index in [1.165, 1.54) is 12.1 Å². The number of halogens is 1. The molecule has 1 aliphatic heterocycles. The van der Waals surface area contributed by atoms with Crippen molar-refractivity contribution in [2.24, 2.45) is 0 Å². The minimum absolute atomic E-state index is 0. The van der Waals surface area contributed by atoms with Gasteiger partial charge in [-0.15, -0.1) is 0 Å². The first-order chi connectivity index (χ1) is 17.8. The van der Waals surface area contributed by atoms with E-state index in [2.05, 4.69) is 40.0 Å². The Morgan fingerprint density at radius 3 is 2.44 bits per heavy atom. The van der Waals surface area contributed by atoms with E-state index in [0.29, 0.717) is 11.9 Å². The van der Waals surface area contributed by atoms with Crippen molar-refractivity contribution in [1.29, 1.82) is 0 Å². The summed E-state index contributed by atoms with van der Waals surface area (Å²) in [6.07, 6.45) is 6.00. The topological polar surface area (TPSA) is 127 Å². The first kappa shape index (κ1) is 32.5. The predicted octanol–water partition coefficient (Wildman–Crippen LogP) is 2.40. The number of fused-ring (bicyclic) bond motifs is 3. The molecule has 8 nitrogen and oxygen atoms in total. The number of hydrogen-bond donors (Lipinski definition) is 2. The number of benzene rings is 3. The van der Waals surface area contributed by atoms with E-state index >= 15 is 0 Å². The largest absolute Gasteiger partial charge is 1.00 e. The Morgan fingerprint density at radius 1 is 1.10 bits per heavy atom. The van der Waals surface area contributed by atoms with Gasteiger partial charge >= 0.3 is 51.4 Å². The summed E-state index contributed by atoms with van der Waals surface area (Å²) in [6.45, 7) is 4.51. The van der Waals surface area contributed by atoms with Gasteiger partial charge in [-0.3, -0.25) is 4.55 Å². The van der Waals surface area contributed by atoms with Gasteiger partial charge in [-0.1, -0.05) is 50.3 Å². The van der Waals surface area contributed by atoms with Crippen molar-refractivity contribution in [1.82, 2.24) is 0 Å². The maximum Gasteiger partial charge on any atom is 1.00 e. The molecular formula is C27H28BrKN2O6S2. The van der Waals surface area contributed by atoms with Gasteiger partial charge in [-0.25, -0.2) is 8.42 Å². The fourth-order valence-corrected chi connectivity index (χ4v) is 6.26. The Labute approximate surface area is 280 Å². The van der Waals surface area contributed by atoms with Crippen LogP contribution in [0, 0.1) is 0 Å². The summed E-state index contributed by atoms with van der Waals surface area (Å²) in [6, 6.07) is 17.5. The number of para-hydroxylation sites is 1. The molecule has 3 aromatic rings. The molecule has 202 valence electrons. The number of allylic oxidation sites excluding steroid dienone is 2. The van der Waals surface area contributed by atoms with Crippen LogP contribution in [0.4, 0.5) is 11.4 Å². The monoisotopic (exact) mass is 658 g/mol. The second-order valence-corrected chi connectivity index (χ2v) is 13.6. The van der Waals surface area contributed by atoms with Gasteiger partial charge in [0, 0.05) is 34.0 Å². The Hall–Kier alpha value is -1.06. The van der Waals surface area contributed by atoms with E-state index in [9.17, 15) is 25.9 Å². The molecule has 12 heteroatoms. The zero-order valence-corrected chi connectivity index (χ0v) is 28.2. The molecule has 1 heterocycles. The summed E-state index contributed by atoms with van der Waals surface area (Å²) < 4.78 is 67.5. The zero-order valence-electron chi connectivity index (χ0n) is 21.8. The molecule has 0 saturated heterocycles. The molecule has 0 radical (unpaired) electrons. The number of rotatable bonds is 9. The number of hydrogen-bond acceptors (Lipinski definition) is 7. The normalized spacial score (nSPS) is 17.3. The minimum Gasteiger partial charge on any atom is -0.744 e. The molecule has 0 bridgehead atoms. The van der Waals surface area contributed by atoms with Crippen molar-refractivity contribution in [2.45, 2.75) is 36.6 Å². The number of nitrogens with zero attached hydrogens (tertiary/aromatic N) is 1. The molecule has 39 heavy (non-hydrogen) atoms. The molecule has 0 saturated carbocycles. The van der Waals surface area contributed by atoms with Gasteiger partial charge in [-0.2, -0.15) is 8.42 Å². The maximum absolute atomic E-state index is 11.6. The Morgan fingerprint density at radius 2 is 1.79 bits per heavy atom. The molecule has 4 rings (SSSR count). The fraction of sp³-hybridized carbons (Fsp3) is 0.259.